The second-order valence-corrected chi connectivity index (χ2v) is 9.23. The van der Waals surface area contributed by atoms with Gasteiger partial charge in [0.2, 0.25) is 0 Å². The van der Waals surface area contributed by atoms with E-state index < -0.39 is 5.41 Å². The molecule has 0 heterocycles. The van der Waals surface area contributed by atoms with Crippen molar-refractivity contribution in [1.82, 2.24) is 0 Å². The Bertz CT molecular complexity index is 689. The normalized spacial score (nSPS) is 19.0. The fraction of sp³-hybridized carbons (Fsp3) is 0.680. The predicted molar refractivity (Wildman–Crippen MR) is 120 cm³/mol. The zero-order chi connectivity index (χ0) is 21.2. The highest BCUT2D eigenvalue weighted by Gasteiger charge is 2.53. The molecule has 3 rings (SSSR count). The molecule has 0 spiro atoms. The van der Waals surface area contributed by atoms with E-state index >= 15 is 0 Å². The highest BCUT2D eigenvalue weighted by atomic mass is 16.5. The molecule has 0 atom stereocenters. The molecule has 0 radical (unpaired) electrons. The topological polar surface area (TPSA) is 84.9 Å². The lowest BCUT2D eigenvalue weighted by Gasteiger charge is -2.21. The number of nitrogens with two attached hydrogens (primary N) is 1. The minimum atomic E-state index is -0.715. The SMILES string of the molecule is N/C(=N\O)C1(C(=O)Cc2ccc(CCCCCCOCC3CCCCC3)cc2)CC1. The summed E-state index contributed by atoms with van der Waals surface area (Å²) in [5.41, 5.74) is 7.30. The first-order valence-electron chi connectivity index (χ1n) is 11.8. The van der Waals surface area contributed by atoms with Crippen LogP contribution in [0.15, 0.2) is 29.4 Å². The third kappa shape index (κ3) is 6.56. The van der Waals surface area contributed by atoms with Crippen LogP contribution in [0.3, 0.4) is 0 Å². The number of amidine groups is 1. The first-order chi connectivity index (χ1) is 14.6. The van der Waals surface area contributed by atoms with Crippen LogP contribution >= 0.6 is 0 Å². The molecule has 1 aromatic rings. The van der Waals surface area contributed by atoms with Gasteiger partial charge in [-0.3, -0.25) is 4.79 Å². The summed E-state index contributed by atoms with van der Waals surface area (Å²) < 4.78 is 5.88. The Morgan fingerprint density at radius 1 is 1.03 bits per heavy atom. The summed E-state index contributed by atoms with van der Waals surface area (Å²) in [4.78, 5) is 12.5. The zero-order valence-electron chi connectivity index (χ0n) is 18.3. The second-order valence-electron chi connectivity index (χ2n) is 9.23. The number of carbonyl (C=O) groups excluding carboxylic acids is 1. The van der Waals surface area contributed by atoms with Crippen molar-refractivity contribution >= 4 is 11.6 Å². The van der Waals surface area contributed by atoms with E-state index in [-0.39, 0.29) is 11.6 Å². The van der Waals surface area contributed by atoms with Crippen LogP contribution in [-0.2, 0) is 22.4 Å². The number of nitrogens with zero attached hydrogens (tertiary/aromatic N) is 1. The molecule has 3 N–H and O–H groups in total. The molecule has 1 aromatic carbocycles. The third-order valence-corrected chi connectivity index (χ3v) is 6.85. The summed E-state index contributed by atoms with van der Waals surface area (Å²) in [6.07, 6.45) is 14.5. The summed E-state index contributed by atoms with van der Waals surface area (Å²) in [7, 11) is 0. The largest absolute Gasteiger partial charge is 0.409 e. The molecule has 2 aliphatic carbocycles. The van der Waals surface area contributed by atoms with Gasteiger partial charge in [-0.1, -0.05) is 61.5 Å². The average Bonchev–Trinajstić information content (AvgIpc) is 3.59. The number of rotatable bonds is 13. The monoisotopic (exact) mass is 414 g/mol. The summed E-state index contributed by atoms with van der Waals surface area (Å²) in [5, 5.41) is 11.9. The minimum absolute atomic E-state index is 0.0521. The molecule has 166 valence electrons. The Morgan fingerprint density at radius 2 is 1.70 bits per heavy atom. The maximum atomic E-state index is 12.5. The van der Waals surface area contributed by atoms with E-state index in [4.69, 9.17) is 15.7 Å². The van der Waals surface area contributed by atoms with Crippen molar-refractivity contribution in [1.29, 1.82) is 0 Å². The lowest BCUT2D eigenvalue weighted by molar-refractivity contribution is -0.121. The summed E-state index contributed by atoms with van der Waals surface area (Å²) >= 11 is 0. The Balaban J connectivity index is 1.25. The van der Waals surface area contributed by atoms with Gasteiger partial charge < -0.3 is 15.7 Å². The van der Waals surface area contributed by atoms with E-state index in [1.54, 1.807) is 0 Å². The van der Waals surface area contributed by atoms with Gasteiger partial charge in [0.05, 0.1) is 5.41 Å². The number of aryl methyl sites for hydroxylation is 1. The van der Waals surface area contributed by atoms with Gasteiger partial charge in [0.1, 0.15) is 0 Å². The fourth-order valence-electron chi connectivity index (χ4n) is 4.57. The highest BCUT2D eigenvalue weighted by Crippen LogP contribution is 2.47. The zero-order valence-corrected chi connectivity index (χ0v) is 18.3. The van der Waals surface area contributed by atoms with Gasteiger partial charge >= 0.3 is 0 Å². The Kier molecular flexibility index (Phi) is 8.74. The van der Waals surface area contributed by atoms with E-state index in [1.807, 2.05) is 12.1 Å². The van der Waals surface area contributed by atoms with Crippen molar-refractivity contribution in [3.63, 3.8) is 0 Å². The van der Waals surface area contributed by atoms with Crippen LogP contribution in [0.25, 0.3) is 0 Å². The van der Waals surface area contributed by atoms with Crippen molar-refractivity contribution in [2.75, 3.05) is 13.2 Å². The van der Waals surface area contributed by atoms with Crippen LogP contribution in [0, 0.1) is 11.3 Å². The van der Waals surface area contributed by atoms with Gasteiger partial charge in [-0.2, -0.15) is 0 Å². The number of Topliss-reactive ketones (excluding diaryl/α,β-unsaturated/α-hetero) is 1. The van der Waals surface area contributed by atoms with E-state index in [9.17, 15) is 4.79 Å². The first kappa shape index (κ1) is 22.8. The number of ether oxygens (including phenoxy) is 1. The first-order valence-corrected chi connectivity index (χ1v) is 11.8. The quantitative estimate of drug-likeness (QED) is 0.156. The van der Waals surface area contributed by atoms with Crippen molar-refractivity contribution in [3.05, 3.63) is 35.4 Å². The van der Waals surface area contributed by atoms with Crippen LogP contribution < -0.4 is 5.73 Å². The minimum Gasteiger partial charge on any atom is -0.409 e. The molecular weight excluding hydrogens is 376 g/mol. The third-order valence-electron chi connectivity index (χ3n) is 6.85. The van der Waals surface area contributed by atoms with Crippen LogP contribution in [0.2, 0.25) is 0 Å². The van der Waals surface area contributed by atoms with Crippen molar-refractivity contribution < 1.29 is 14.7 Å². The van der Waals surface area contributed by atoms with Gasteiger partial charge in [-0.15, -0.1) is 0 Å². The molecule has 2 saturated carbocycles. The van der Waals surface area contributed by atoms with Crippen LogP contribution in [-0.4, -0.2) is 30.0 Å². The summed E-state index contributed by atoms with van der Waals surface area (Å²) in [6.45, 7) is 1.88. The van der Waals surface area contributed by atoms with Gasteiger partial charge in [0, 0.05) is 19.6 Å². The fourth-order valence-corrected chi connectivity index (χ4v) is 4.57. The number of oxime groups is 1. The number of benzene rings is 1. The standard InChI is InChI=1S/C25H38N2O3/c26-24(27-29)25(15-16-25)23(28)18-21-13-11-20(12-14-21)8-4-1-2-7-17-30-19-22-9-5-3-6-10-22/h11-14,22,29H,1-10,15-19H2,(H2,26,27). The van der Waals surface area contributed by atoms with Gasteiger partial charge in [0.15, 0.2) is 11.6 Å². The number of hydrogen-bond donors (Lipinski definition) is 2. The van der Waals surface area contributed by atoms with Gasteiger partial charge in [-0.25, -0.2) is 0 Å². The van der Waals surface area contributed by atoms with E-state index in [1.165, 1.54) is 56.9 Å². The molecule has 30 heavy (non-hydrogen) atoms. The Labute approximate surface area is 181 Å². The van der Waals surface area contributed by atoms with Crippen molar-refractivity contribution in [3.8, 4) is 0 Å². The smallest absolute Gasteiger partial charge is 0.152 e. The van der Waals surface area contributed by atoms with E-state index in [0.29, 0.717) is 19.3 Å². The van der Waals surface area contributed by atoms with Crippen LogP contribution in [0.4, 0.5) is 0 Å². The van der Waals surface area contributed by atoms with Crippen LogP contribution in [0.1, 0.15) is 81.8 Å². The molecule has 0 unspecified atom stereocenters. The molecule has 5 nitrogen and oxygen atoms in total. The molecular formula is C25H38N2O3. The molecule has 5 heteroatoms. The maximum Gasteiger partial charge on any atom is 0.152 e. The predicted octanol–water partition coefficient (Wildman–Crippen LogP) is 5.02. The Morgan fingerprint density at radius 3 is 2.37 bits per heavy atom. The van der Waals surface area contributed by atoms with Crippen molar-refractivity contribution in [2.45, 2.75) is 83.5 Å². The van der Waals surface area contributed by atoms with E-state index in [0.717, 1.165) is 37.5 Å². The molecule has 0 saturated heterocycles. The molecule has 2 fully saturated rings. The summed E-state index contributed by atoms with van der Waals surface area (Å²) in [5.74, 6) is 0.923. The lowest BCUT2D eigenvalue weighted by atomic mass is 9.90. The highest BCUT2D eigenvalue weighted by molar-refractivity contribution is 6.10. The molecule has 0 bridgehead atoms. The van der Waals surface area contributed by atoms with E-state index in [2.05, 4.69) is 17.3 Å². The van der Waals surface area contributed by atoms with Gasteiger partial charge in [0.25, 0.3) is 0 Å². The Hall–Kier alpha value is -1.88. The molecule has 2 aliphatic rings. The molecule has 0 aromatic heterocycles. The molecule has 0 amide bonds. The second kappa shape index (κ2) is 11.5. The average molecular weight is 415 g/mol. The number of ketones is 1. The van der Waals surface area contributed by atoms with Gasteiger partial charge in [-0.05, 0) is 62.0 Å². The number of hydrogen-bond acceptors (Lipinski definition) is 4. The molecule has 0 aliphatic heterocycles. The summed E-state index contributed by atoms with van der Waals surface area (Å²) in [6, 6.07) is 8.32. The van der Waals surface area contributed by atoms with Crippen LogP contribution in [0.5, 0.6) is 0 Å². The maximum absolute atomic E-state index is 12.5. The lowest BCUT2D eigenvalue weighted by Crippen LogP contribution is -2.33. The number of carbonyl (C=O) groups is 1. The number of unbranched alkanes of at least 4 members (excludes halogenated alkanes) is 3. The van der Waals surface area contributed by atoms with Crippen molar-refractivity contribution in [2.24, 2.45) is 22.2 Å².